The van der Waals surface area contributed by atoms with Crippen molar-refractivity contribution in [2.75, 3.05) is 6.54 Å². The van der Waals surface area contributed by atoms with Crippen molar-refractivity contribution in [2.24, 2.45) is 24.4 Å². The average Bonchev–Trinajstić information content (AvgIpc) is 2.64. The van der Waals surface area contributed by atoms with E-state index in [4.69, 9.17) is 15.9 Å². The minimum atomic E-state index is -0.356. The van der Waals surface area contributed by atoms with Crippen molar-refractivity contribution in [3.8, 4) is 0 Å². The highest BCUT2D eigenvalue weighted by atomic mass is 16.4. The summed E-state index contributed by atoms with van der Waals surface area (Å²) in [6, 6.07) is 5.53. The maximum Gasteiger partial charge on any atom is 0.419 e. The van der Waals surface area contributed by atoms with Gasteiger partial charge in [0, 0.05) is 13.1 Å². The first-order chi connectivity index (χ1) is 8.54. The van der Waals surface area contributed by atoms with Crippen LogP contribution in [-0.4, -0.2) is 11.1 Å². The number of hydrogen-bond acceptors (Lipinski definition) is 4. The summed E-state index contributed by atoms with van der Waals surface area (Å²) in [5, 5.41) is 0. The predicted octanol–water partition coefficient (Wildman–Crippen LogP) is 1.12. The highest BCUT2D eigenvalue weighted by Gasteiger charge is 2.16. The molecule has 0 amide bonds. The first-order valence-corrected chi connectivity index (χ1v) is 6.09. The second kappa shape index (κ2) is 4.96. The van der Waals surface area contributed by atoms with Crippen LogP contribution in [0.25, 0.3) is 11.1 Å². The number of aromatic nitrogens is 1. The zero-order valence-electron chi connectivity index (χ0n) is 10.7. The molecule has 1 aromatic heterocycles. The van der Waals surface area contributed by atoms with Crippen LogP contribution in [0.15, 0.2) is 27.4 Å². The molecule has 0 saturated carbocycles. The van der Waals surface area contributed by atoms with Crippen LogP contribution in [0.3, 0.4) is 0 Å². The fourth-order valence-electron chi connectivity index (χ4n) is 2.12. The Morgan fingerprint density at radius 3 is 2.83 bits per heavy atom. The minimum Gasteiger partial charge on any atom is -0.408 e. The maximum absolute atomic E-state index is 11.4. The monoisotopic (exact) mass is 249 g/mol. The van der Waals surface area contributed by atoms with Crippen LogP contribution < -0.4 is 17.2 Å². The Hall–Kier alpha value is -1.59. The molecule has 2 unspecified atom stereocenters. The molecule has 2 aromatic rings. The summed E-state index contributed by atoms with van der Waals surface area (Å²) in [7, 11) is 1.69. The van der Waals surface area contributed by atoms with E-state index in [1.54, 1.807) is 13.1 Å². The molecule has 0 radical (unpaired) electrons. The van der Waals surface area contributed by atoms with Gasteiger partial charge in [-0.15, -0.1) is 0 Å². The van der Waals surface area contributed by atoms with E-state index >= 15 is 0 Å². The van der Waals surface area contributed by atoms with Gasteiger partial charge in [0.1, 0.15) is 0 Å². The van der Waals surface area contributed by atoms with E-state index in [9.17, 15) is 4.79 Å². The topological polar surface area (TPSA) is 87.2 Å². The molecule has 1 aromatic carbocycles. The first-order valence-electron chi connectivity index (χ1n) is 6.09. The van der Waals surface area contributed by atoms with Gasteiger partial charge in [-0.25, -0.2) is 4.79 Å². The SMILES string of the molecule is CC(CCN)C(N)c1ccc2oc(=O)n(C)c2c1. The summed E-state index contributed by atoms with van der Waals surface area (Å²) in [5.74, 6) is -0.0536. The number of nitrogens with two attached hydrogens (primary N) is 2. The molecule has 0 aliphatic carbocycles. The molecule has 0 fully saturated rings. The van der Waals surface area contributed by atoms with Gasteiger partial charge in [-0.1, -0.05) is 13.0 Å². The Kier molecular flexibility index (Phi) is 3.54. The summed E-state index contributed by atoms with van der Waals surface area (Å²) in [6.07, 6.45) is 0.878. The third-order valence-corrected chi connectivity index (χ3v) is 3.44. The smallest absolute Gasteiger partial charge is 0.408 e. The summed E-state index contributed by atoms with van der Waals surface area (Å²) in [6.45, 7) is 2.71. The fraction of sp³-hybridized carbons (Fsp3) is 0.462. The standard InChI is InChI=1S/C13H19N3O2/c1-8(5-6-14)12(15)9-3-4-11-10(7-9)16(2)13(17)18-11/h3-4,7-8,12H,5-6,14-15H2,1-2H3. The third-order valence-electron chi connectivity index (χ3n) is 3.44. The van der Waals surface area contributed by atoms with Gasteiger partial charge < -0.3 is 15.9 Å². The van der Waals surface area contributed by atoms with E-state index in [1.165, 1.54) is 4.57 Å². The van der Waals surface area contributed by atoms with Gasteiger partial charge in [0.15, 0.2) is 5.58 Å². The fourth-order valence-corrected chi connectivity index (χ4v) is 2.12. The Labute approximate surface area is 105 Å². The van der Waals surface area contributed by atoms with E-state index in [0.717, 1.165) is 17.5 Å². The van der Waals surface area contributed by atoms with Crippen LogP contribution in [0, 0.1) is 5.92 Å². The van der Waals surface area contributed by atoms with Crippen molar-refractivity contribution < 1.29 is 4.42 Å². The molecule has 98 valence electrons. The van der Waals surface area contributed by atoms with Crippen LogP contribution in [0.5, 0.6) is 0 Å². The van der Waals surface area contributed by atoms with Crippen LogP contribution in [0.2, 0.25) is 0 Å². The number of oxazole rings is 1. The van der Waals surface area contributed by atoms with Crippen molar-refractivity contribution in [2.45, 2.75) is 19.4 Å². The molecule has 0 aliphatic heterocycles. The normalized spacial score (nSPS) is 14.9. The van der Waals surface area contributed by atoms with Gasteiger partial charge >= 0.3 is 5.76 Å². The Bertz CT molecular complexity index is 600. The van der Waals surface area contributed by atoms with E-state index in [2.05, 4.69) is 6.92 Å². The van der Waals surface area contributed by atoms with E-state index in [-0.39, 0.29) is 11.8 Å². The molecular formula is C13H19N3O2. The lowest BCUT2D eigenvalue weighted by Gasteiger charge is -2.19. The molecule has 0 spiro atoms. The Morgan fingerprint density at radius 2 is 2.17 bits per heavy atom. The van der Waals surface area contributed by atoms with Crippen molar-refractivity contribution >= 4 is 11.1 Å². The van der Waals surface area contributed by atoms with Crippen molar-refractivity contribution in [3.63, 3.8) is 0 Å². The zero-order chi connectivity index (χ0) is 13.3. The number of aryl methyl sites for hydroxylation is 1. The second-order valence-electron chi connectivity index (χ2n) is 4.73. The van der Waals surface area contributed by atoms with Gasteiger partial charge in [0.25, 0.3) is 0 Å². The number of benzene rings is 1. The molecule has 2 atom stereocenters. The average molecular weight is 249 g/mol. The molecule has 5 nitrogen and oxygen atoms in total. The molecular weight excluding hydrogens is 230 g/mol. The third kappa shape index (κ3) is 2.19. The lowest BCUT2D eigenvalue weighted by atomic mass is 9.92. The summed E-state index contributed by atoms with van der Waals surface area (Å²) >= 11 is 0. The summed E-state index contributed by atoms with van der Waals surface area (Å²) in [5.41, 5.74) is 14.1. The predicted molar refractivity (Wildman–Crippen MR) is 71.2 cm³/mol. The summed E-state index contributed by atoms with van der Waals surface area (Å²) in [4.78, 5) is 11.4. The van der Waals surface area contributed by atoms with Crippen LogP contribution in [-0.2, 0) is 7.05 Å². The number of fused-ring (bicyclic) bond motifs is 1. The highest BCUT2D eigenvalue weighted by molar-refractivity contribution is 5.73. The highest BCUT2D eigenvalue weighted by Crippen LogP contribution is 2.24. The van der Waals surface area contributed by atoms with E-state index < -0.39 is 0 Å². The first kappa shape index (κ1) is 12.9. The van der Waals surface area contributed by atoms with E-state index in [1.807, 2.05) is 12.1 Å². The second-order valence-corrected chi connectivity index (χ2v) is 4.73. The molecule has 2 rings (SSSR count). The van der Waals surface area contributed by atoms with Gasteiger partial charge in [-0.2, -0.15) is 0 Å². The number of hydrogen-bond donors (Lipinski definition) is 2. The Balaban J connectivity index is 2.40. The lowest BCUT2D eigenvalue weighted by molar-refractivity contribution is 0.444. The number of rotatable bonds is 4. The minimum absolute atomic E-state index is 0.0806. The zero-order valence-corrected chi connectivity index (χ0v) is 10.7. The maximum atomic E-state index is 11.4. The van der Waals surface area contributed by atoms with Crippen LogP contribution in [0.1, 0.15) is 24.9 Å². The molecule has 0 bridgehead atoms. The summed E-state index contributed by atoms with van der Waals surface area (Å²) < 4.78 is 6.57. The molecule has 18 heavy (non-hydrogen) atoms. The Morgan fingerprint density at radius 1 is 1.44 bits per heavy atom. The van der Waals surface area contributed by atoms with Gasteiger partial charge in [0.05, 0.1) is 5.52 Å². The number of nitrogens with zero attached hydrogens (tertiary/aromatic N) is 1. The quantitative estimate of drug-likeness (QED) is 0.850. The molecule has 1 heterocycles. The largest absolute Gasteiger partial charge is 0.419 e. The lowest BCUT2D eigenvalue weighted by Crippen LogP contribution is -2.21. The van der Waals surface area contributed by atoms with Crippen molar-refractivity contribution in [1.82, 2.24) is 4.57 Å². The van der Waals surface area contributed by atoms with Crippen LogP contribution in [0.4, 0.5) is 0 Å². The molecule has 0 saturated heterocycles. The van der Waals surface area contributed by atoms with Gasteiger partial charge in [-0.3, -0.25) is 4.57 Å². The molecule has 4 N–H and O–H groups in total. The van der Waals surface area contributed by atoms with E-state index in [0.29, 0.717) is 18.0 Å². The molecule has 0 aliphatic rings. The van der Waals surface area contributed by atoms with Gasteiger partial charge in [-0.05, 0) is 36.6 Å². The van der Waals surface area contributed by atoms with Crippen LogP contribution >= 0.6 is 0 Å². The van der Waals surface area contributed by atoms with Gasteiger partial charge in [0.2, 0.25) is 0 Å². The molecule has 5 heteroatoms. The van der Waals surface area contributed by atoms with Crippen molar-refractivity contribution in [1.29, 1.82) is 0 Å². The van der Waals surface area contributed by atoms with Crippen molar-refractivity contribution in [3.05, 3.63) is 34.3 Å².